The van der Waals surface area contributed by atoms with Crippen molar-refractivity contribution in [1.29, 1.82) is 5.26 Å². The van der Waals surface area contributed by atoms with Crippen LogP contribution in [0.4, 0.5) is 0 Å². The highest BCUT2D eigenvalue weighted by Gasteiger charge is 2.14. The van der Waals surface area contributed by atoms with E-state index in [0.29, 0.717) is 28.2 Å². The van der Waals surface area contributed by atoms with E-state index < -0.39 is 5.56 Å². The van der Waals surface area contributed by atoms with Crippen LogP contribution < -0.4 is 5.56 Å². The molecular weight excluding hydrogens is 314 g/mol. The molecule has 0 saturated carbocycles. The Kier molecular flexibility index (Phi) is 3.95. The molecule has 0 unspecified atom stereocenters. The van der Waals surface area contributed by atoms with E-state index in [-0.39, 0.29) is 5.56 Å². The fourth-order valence-corrected chi connectivity index (χ4v) is 2.42. The van der Waals surface area contributed by atoms with E-state index in [0.717, 1.165) is 5.56 Å². The third-order valence-electron chi connectivity index (χ3n) is 3.13. The highest BCUT2D eigenvalue weighted by Crippen LogP contribution is 2.25. The van der Waals surface area contributed by atoms with Crippen LogP contribution in [0.15, 0.2) is 38.6 Å². The Bertz CT molecular complexity index is 953. The molecule has 1 aromatic carbocycles. The van der Waals surface area contributed by atoms with Gasteiger partial charge in [-0.3, -0.25) is 4.79 Å². The number of nitrogens with zero attached hydrogens (tertiary/aromatic N) is 4. The normalized spacial score (nSPS) is 10.5. The van der Waals surface area contributed by atoms with Gasteiger partial charge >= 0.3 is 0 Å². The lowest BCUT2D eigenvalue weighted by Gasteiger charge is -2.05. The molecule has 3 rings (SSSR count). The maximum Gasteiger partial charge on any atom is 0.270 e. The molecule has 0 atom stereocenters. The number of thioether (sulfide) groups is 1. The molecule has 0 aliphatic heterocycles. The predicted octanol–water partition coefficient (Wildman–Crippen LogP) is 2.39. The Balaban J connectivity index is 2.08. The van der Waals surface area contributed by atoms with Crippen molar-refractivity contribution >= 4 is 11.8 Å². The first-order chi connectivity index (χ1) is 11.1. The van der Waals surface area contributed by atoms with E-state index in [2.05, 4.69) is 20.2 Å². The summed E-state index contributed by atoms with van der Waals surface area (Å²) in [6.45, 7) is 1.72. The van der Waals surface area contributed by atoms with E-state index in [1.54, 1.807) is 37.4 Å². The van der Waals surface area contributed by atoms with Gasteiger partial charge in [0.05, 0.1) is 5.69 Å². The number of nitrogens with one attached hydrogen (secondary N) is 1. The second kappa shape index (κ2) is 6.06. The van der Waals surface area contributed by atoms with Gasteiger partial charge < -0.3 is 9.40 Å². The number of aryl methyl sites for hydroxylation is 1. The molecule has 1 N–H and O–H groups in total. The van der Waals surface area contributed by atoms with E-state index in [9.17, 15) is 10.1 Å². The molecule has 0 amide bonds. The topological polar surface area (TPSA) is 108 Å². The lowest BCUT2D eigenvalue weighted by molar-refractivity contribution is 0.533. The van der Waals surface area contributed by atoms with Gasteiger partial charge in [-0.25, -0.2) is 4.98 Å². The second-order valence-corrected chi connectivity index (χ2v) is 5.41. The molecule has 2 aromatic heterocycles. The van der Waals surface area contributed by atoms with Crippen LogP contribution in [0.5, 0.6) is 0 Å². The maximum atomic E-state index is 12.0. The van der Waals surface area contributed by atoms with Gasteiger partial charge in [-0.15, -0.1) is 10.2 Å². The molecule has 0 saturated heterocycles. The quantitative estimate of drug-likeness (QED) is 0.581. The molecular formula is C15H11N5O2S. The van der Waals surface area contributed by atoms with E-state index in [1.807, 2.05) is 6.07 Å². The second-order valence-electron chi connectivity index (χ2n) is 4.61. The zero-order valence-electron chi connectivity index (χ0n) is 12.3. The first-order valence-corrected chi connectivity index (χ1v) is 7.84. The standard InChI is InChI=1S/C15H11N5O2S/c1-8-19-20-14(22-8)10-5-3-9(4-6-10)12-11(7-16)13(21)18-15(17-12)23-2/h3-6H,1-2H3,(H,17,18,21). The minimum atomic E-state index is -0.446. The lowest BCUT2D eigenvalue weighted by atomic mass is 10.1. The third kappa shape index (κ3) is 2.86. The molecule has 0 bridgehead atoms. The van der Waals surface area contributed by atoms with E-state index in [1.165, 1.54) is 11.8 Å². The Morgan fingerprint density at radius 3 is 2.48 bits per heavy atom. The first-order valence-electron chi connectivity index (χ1n) is 6.61. The summed E-state index contributed by atoms with van der Waals surface area (Å²) in [5.74, 6) is 0.898. The average molecular weight is 325 g/mol. The molecule has 7 nitrogen and oxygen atoms in total. The van der Waals surface area contributed by atoms with Crippen molar-refractivity contribution in [2.75, 3.05) is 6.26 Å². The highest BCUT2D eigenvalue weighted by molar-refractivity contribution is 7.98. The van der Waals surface area contributed by atoms with Gasteiger partial charge in [-0.2, -0.15) is 5.26 Å². The predicted molar refractivity (Wildman–Crippen MR) is 84.8 cm³/mol. The molecule has 23 heavy (non-hydrogen) atoms. The number of aromatic amines is 1. The first kappa shape index (κ1) is 15.0. The van der Waals surface area contributed by atoms with Crippen molar-refractivity contribution in [2.45, 2.75) is 12.1 Å². The molecule has 2 heterocycles. The molecule has 114 valence electrons. The summed E-state index contributed by atoms with van der Waals surface area (Å²) in [7, 11) is 0. The molecule has 0 radical (unpaired) electrons. The summed E-state index contributed by atoms with van der Waals surface area (Å²) in [6.07, 6.45) is 1.80. The zero-order chi connectivity index (χ0) is 16.4. The fraction of sp³-hybridized carbons (Fsp3) is 0.133. The Hall–Kier alpha value is -2.92. The fourth-order valence-electron chi connectivity index (χ4n) is 2.05. The van der Waals surface area contributed by atoms with Gasteiger partial charge in [-0.05, 0) is 18.4 Å². The van der Waals surface area contributed by atoms with Crippen molar-refractivity contribution in [3.8, 4) is 28.8 Å². The van der Waals surface area contributed by atoms with Gasteiger partial charge in [0.25, 0.3) is 5.56 Å². The van der Waals surface area contributed by atoms with Crippen molar-refractivity contribution in [3.63, 3.8) is 0 Å². The van der Waals surface area contributed by atoms with Crippen LogP contribution in [0.1, 0.15) is 11.5 Å². The van der Waals surface area contributed by atoms with Gasteiger partial charge in [0.2, 0.25) is 11.8 Å². The van der Waals surface area contributed by atoms with Gasteiger partial charge in [0, 0.05) is 18.1 Å². The maximum absolute atomic E-state index is 12.0. The van der Waals surface area contributed by atoms with Crippen LogP contribution in [0.25, 0.3) is 22.7 Å². The summed E-state index contributed by atoms with van der Waals surface area (Å²) >= 11 is 1.30. The third-order valence-corrected chi connectivity index (χ3v) is 3.71. The van der Waals surface area contributed by atoms with Crippen LogP contribution in [0.3, 0.4) is 0 Å². The van der Waals surface area contributed by atoms with Crippen molar-refractivity contribution < 1.29 is 4.42 Å². The summed E-state index contributed by atoms with van der Waals surface area (Å²) in [5.41, 5.74) is 1.32. The minimum absolute atomic E-state index is 0.0100. The summed E-state index contributed by atoms with van der Waals surface area (Å²) < 4.78 is 5.37. The van der Waals surface area contributed by atoms with Crippen molar-refractivity contribution in [1.82, 2.24) is 20.2 Å². The SMILES string of the molecule is CSc1nc(-c2ccc(-c3nnc(C)o3)cc2)c(C#N)c(=O)[nH]1. The van der Waals surface area contributed by atoms with E-state index >= 15 is 0 Å². The number of hydrogen-bond acceptors (Lipinski definition) is 7. The smallest absolute Gasteiger partial charge is 0.270 e. The van der Waals surface area contributed by atoms with E-state index in [4.69, 9.17) is 4.42 Å². The number of aromatic nitrogens is 4. The summed E-state index contributed by atoms with van der Waals surface area (Å²) in [4.78, 5) is 18.9. The van der Waals surface area contributed by atoms with Crippen LogP contribution >= 0.6 is 11.8 Å². The summed E-state index contributed by atoms with van der Waals surface area (Å²) in [6, 6.07) is 9.00. The van der Waals surface area contributed by atoms with Crippen LogP contribution in [0.2, 0.25) is 0 Å². The molecule has 0 aliphatic carbocycles. The lowest BCUT2D eigenvalue weighted by Crippen LogP contribution is -2.14. The zero-order valence-corrected chi connectivity index (χ0v) is 13.1. The van der Waals surface area contributed by atoms with Crippen LogP contribution in [-0.4, -0.2) is 26.4 Å². The monoisotopic (exact) mass is 325 g/mol. The molecule has 8 heteroatoms. The number of rotatable bonds is 3. The van der Waals surface area contributed by atoms with Gasteiger partial charge in [0.15, 0.2) is 5.16 Å². The largest absolute Gasteiger partial charge is 0.421 e. The van der Waals surface area contributed by atoms with Crippen molar-refractivity contribution in [2.24, 2.45) is 0 Å². The van der Waals surface area contributed by atoms with Crippen LogP contribution in [-0.2, 0) is 0 Å². The molecule has 0 spiro atoms. The Morgan fingerprint density at radius 1 is 1.22 bits per heavy atom. The minimum Gasteiger partial charge on any atom is -0.421 e. The number of benzene rings is 1. The van der Waals surface area contributed by atoms with Gasteiger partial charge in [0.1, 0.15) is 11.6 Å². The van der Waals surface area contributed by atoms with Crippen molar-refractivity contribution in [3.05, 3.63) is 46.1 Å². The molecule has 0 fully saturated rings. The number of hydrogen-bond donors (Lipinski definition) is 1. The highest BCUT2D eigenvalue weighted by atomic mass is 32.2. The van der Waals surface area contributed by atoms with Crippen LogP contribution in [0, 0.1) is 18.3 Å². The average Bonchev–Trinajstić information content (AvgIpc) is 3.00. The Morgan fingerprint density at radius 2 is 1.91 bits per heavy atom. The molecule has 3 aromatic rings. The Labute approximate surface area is 135 Å². The van der Waals surface area contributed by atoms with Gasteiger partial charge in [-0.1, -0.05) is 23.9 Å². The number of H-pyrrole nitrogens is 1. The molecule has 0 aliphatic rings. The number of nitriles is 1. The summed E-state index contributed by atoms with van der Waals surface area (Å²) in [5, 5.41) is 17.4.